The molecular formula is C30H58N2O9. The van der Waals surface area contributed by atoms with Gasteiger partial charge in [-0.3, -0.25) is 4.79 Å². The number of cyclic esters (lactones) is 1. The SMILES string of the molecule is CC[C@H]1OC(=O)[C@H](C)[C@@H](O)[C@H](C)[C@@H](O[C@@H]2O[C@H](C)C[C@@H](N(C)C)[C@H]2O)[C@](C)(O)C[C@@H](C)CN(C)[C@H](C)[C@@H](O)[C@]1(C)O. The normalized spacial score (nSPS) is 48.4. The Balaban J connectivity index is 2.52. The molecule has 0 radical (unpaired) electrons. The second-order valence-corrected chi connectivity index (χ2v) is 13.6. The molecule has 0 amide bonds. The summed E-state index contributed by atoms with van der Waals surface area (Å²) < 4.78 is 18.1. The van der Waals surface area contributed by atoms with Crippen LogP contribution in [0.1, 0.15) is 74.7 Å². The first-order valence-electron chi connectivity index (χ1n) is 15.1. The minimum absolute atomic E-state index is 0.0990. The van der Waals surface area contributed by atoms with E-state index in [1.54, 1.807) is 27.7 Å². The van der Waals surface area contributed by atoms with Crippen LogP contribution in [-0.2, 0) is 19.0 Å². The first kappa shape index (κ1) is 36.3. The number of carbonyl (C=O) groups excluding carboxylic acids is 1. The number of nitrogens with zero attached hydrogens (tertiary/aromatic N) is 2. The maximum absolute atomic E-state index is 13.3. The van der Waals surface area contributed by atoms with Gasteiger partial charge in [-0.25, -0.2) is 0 Å². The van der Waals surface area contributed by atoms with Crippen molar-refractivity contribution >= 4 is 5.97 Å². The molecule has 2 aliphatic heterocycles. The van der Waals surface area contributed by atoms with Crippen LogP contribution in [0.15, 0.2) is 0 Å². The summed E-state index contributed by atoms with van der Waals surface area (Å²) in [7, 11) is 5.58. The maximum Gasteiger partial charge on any atom is 0.311 e. The fourth-order valence-electron chi connectivity index (χ4n) is 6.74. The molecule has 14 atom stereocenters. The summed E-state index contributed by atoms with van der Waals surface area (Å²) in [4.78, 5) is 17.1. The van der Waals surface area contributed by atoms with E-state index in [0.717, 1.165) is 0 Å². The summed E-state index contributed by atoms with van der Waals surface area (Å²) in [6.07, 6.45) is -5.74. The minimum atomic E-state index is -1.75. The second-order valence-electron chi connectivity index (χ2n) is 13.6. The van der Waals surface area contributed by atoms with Crippen molar-refractivity contribution in [3.8, 4) is 0 Å². The molecule has 5 N–H and O–H groups in total. The molecule has 0 aromatic heterocycles. The molecule has 2 saturated heterocycles. The Morgan fingerprint density at radius 1 is 1.05 bits per heavy atom. The third-order valence-corrected chi connectivity index (χ3v) is 9.46. The summed E-state index contributed by atoms with van der Waals surface area (Å²) in [6, 6.07) is -0.733. The Kier molecular flexibility index (Phi) is 12.6. The van der Waals surface area contributed by atoms with Crippen molar-refractivity contribution in [3.05, 3.63) is 0 Å². The van der Waals surface area contributed by atoms with E-state index < -0.39 is 71.9 Å². The molecule has 0 aromatic carbocycles. The minimum Gasteiger partial charge on any atom is -0.459 e. The van der Waals surface area contributed by atoms with E-state index in [-0.39, 0.29) is 30.9 Å². The Labute approximate surface area is 246 Å². The number of hydrogen-bond donors (Lipinski definition) is 5. The number of ether oxygens (including phenoxy) is 3. The standard InChI is InChI=1S/C30H58N2O9/c1-12-22-30(8,38)25(35)20(6)32(11)15-16(2)14-29(7,37)26(18(4)23(33)19(5)27(36)40-22)41-28-24(34)21(31(9)10)13-17(3)39-28/h16-26,28,33-35,37-38H,12-15H2,1-11H3/t16-,17-,18+,19-,20-,21-,22-,23+,24-,25-,26-,28+,29-,30-/m1/s1. The van der Waals surface area contributed by atoms with Crippen LogP contribution in [-0.4, -0.2) is 135 Å². The van der Waals surface area contributed by atoms with Crippen LogP contribution in [0.3, 0.4) is 0 Å². The topological polar surface area (TPSA) is 152 Å². The van der Waals surface area contributed by atoms with E-state index in [1.165, 1.54) is 13.8 Å². The van der Waals surface area contributed by atoms with Gasteiger partial charge in [0.25, 0.3) is 0 Å². The van der Waals surface area contributed by atoms with Gasteiger partial charge in [-0.1, -0.05) is 20.8 Å². The molecular weight excluding hydrogens is 532 g/mol. The van der Waals surface area contributed by atoms with Crippen molar-refractivity contribution in [2.45, 2.75) is 141 Å². The number of esters is 1. The largest absolute Gasteiger partial charge is 0.459 e. The number of likely N-dealkylation sites (N-methyl/N-ethyl adjacent to an activating group) is 2. The van der Waals surface area contributed by atoms with E-state index in [9.17, 15) is 30.3 Å². The summed E-state index contributed by atoms with van der Waals surface area (Å²) in [6.45, 7) is 14.2. The third-order valence-electron chi connectivity index (χ3n) is 9.46. The fraction of sp³-hybridized carbons (Fsp3) is 0.967. The van der Waals surface area contributed by atoms with Gasteiger partial charge in [0.05, 0.1) is 29.8 Å². The number of aliphatic hydroxyl groups excluding tert-OH is 3. The summed E-state index contributed by atoms with van der Waals surface area (Å²) in [5, 5.41) is 57.0. The predicted molar refractivity (Wildman–Crippen MR) is 155 cm³/mol. The first-order chi connectivity index (χ1) is 18.8. The van der Waals surface area contributed by atoms with Crippen LogP contribution < -0.4 is 0 Å². The molecule has 0 bridgehead atoms. The van der Waals surface area contributed by atoms with Crippen molar-refractivity contribution in [2.75, 3.05) is 27.7 Å². The summed E-state index contributed by atoms with van der Waals surface area (Å²) >= 11 is 0. The maximum atomic E-state index is 13.3. The Morgan fingerprint density at radius 3 is 2.17 bits per heavy atom. The molecule has 0 aliphatic carbocycles. The van der Waals surface area contributed by atoms with E-state index in [1.807, 2.05) is 44.8 Å². The Morgan fingerprint density at radius 2 is 1.63 bits per heavy atom. The molecule has 11 nitrogen and oxygen atoms in total. The lowest BCUT2D eigenvalue weighted by Gasteiger charge is -2.46. The lowest BCUT2D eigenvalue weighted by molar-refractivity contribution is -0.299. The quantitative estimate of drug-likeness (QED) is 0.298. The van der Waals surface area contributed by atoms with Gasteiger partial charge in [0.2, 0.25) is 0 Å². The van der Waals surface area contributed by atoms with Crippen LogP contribution >= 0.6 is 0 Å². The molecule has 242 valence electrons. The van der Waals surface area contributed by atoms with Crippen molar-refractivity contribution < 1.29 is 44.5 Å². The van der Waals surface area contributed by atoms with Gasteiger partial charge in [-0.15, -0.1) is 0 Å². The Hall–Kier alpha value is -0.890. The molecule has 0 saturated carbocycles. The molecule has 0 aromatic rings. The van der Waals surface area contributed by atoms with Crippen molar-refractivity contribution in [1.29, 1.82) is 0 Å². The average molecular weight is 591 g/mol. The van der Waals surface area contributed by atoms with Crippen molar-refractivity contribution in [1.82, 2.24) is 9.80 Å². The van der Waals surface area contributed by atoms with E-state index in [2.05, 4.69) is 0 Å². The predicted octanol–water partition coefficient (Wildman–Crippen LogP) is 0.976. The zero-order chi connectivity index (χ0) is 31.6. The van der Waals surface area contributed by atoms with Crippen LogP contribution in [0.4, 0.5) is 0 Å². The summed E-state index contributed by atoms with van der Waals surface area (Å²) in [5.74, 6) is -2.65. The second kappa shape index (κ2) is 14.3. The van der Waals surface area contributed by atoms with Crippen LogP contribution in [0.5, 0.6) is 0 Å². The molecule has 2 rings (SSSR count). The zero-order valence-corrected chi connectivity index (χ0v) is 27.0. The third kappa shape index (κ3) is 8.39. The van der Waals surface area contributed by atoms with Crippen LogP contribution in [0.25, 0.3) is 0 Å². The molecule has 41 heavy (non-hydrogen) atoms. The van der Waals surface area contributed by atoms with Gasteiger partial charge in [-0.05, 0) is 80.9 Å². The number of rotatable bonds is 4. The Bertz CT molecular complexity index is 841. The lowest BCUT2D eigenvalue weighted by atomic mass is 9.78. The molecule has 0 spiro atoms. The molecule has 2 heterocycles. The fourth-order valence-corrected chi connectivity index (χ4v) is 6.74. The average Bonchev–Trinajstić information content (AvgIpc) is 2.87. The lowest BCUT2D eigenvalue weighted by Crippen LogP contribution is -2.59. The van der Waals surface area contributed by atoms with Crippen LogP contribution in [0, 0.1) is 17.8 Å². The number of aliphatic hydroxyl groups is 5. The van der Waals surface area contributed by atoms with Gasteiger partial charge in [-0.2, -0.15) is 0 Å². The highest BCUT2D eigenvalue weighted by Gasteiger charge is 2.49. The van der Waals surface area contributed by atoms with Gasteiger partial charge < -0.3 is 49.5 Å². The smallest absolute Gasteiger partial charge is 0.311 e. The molecule has 0 unspecified atom stereocenters. The van der Waals surface area contributed by atoms with E-state index in [4.69, 9.17) is 14.2 Å². The van der Waals surface area contributed by atoms with E-state index in [0.29, 0.717) is 13.0 Å². The van der Waals surface area contributed by atoms with Gasteiger partial charge >= 0.3 is 5.97 Å². The highest BCUT2D eigenvalue weighted by atomic mass is 16.7. The molecule has 2 fully saturated rings. The monoisotopic (exact) mass is 590 g/mol. The highest BCUT2D eigenvalue weighted by Crippen LogP contribution is 2.36. The van der Waals surface area contributed by atoms with E-state index >= 15 is 0 Å². The molecule has 11 heteroatoms. The summed E-state index contributed by atoms with van der Waals surface area (Å²) in [5.41, 5.74) is -3.25. The van der Waals surface area contributed by atoms with Crippen LogP contribution in [0.2, 0.25) is 0 Å². The van der Waals surface area contributed by atoms with Gasteiger partial charge in [0.15, 0.2) is 6.29 Å². The number of hydrogen-bond acceptors (Lipinski definition) is 11. The van der Waals surface area contributed by atoms with Gasteiger partial charge in [0.1, 0.15) is 23.9 Å². The zero-order valence-electron chi connectivity index (χ0n) is 27.0. The van der Waals surface area contributed by atoms with Crippen molar-refractivity contribution in [2.24, 2.45) is 17.8 Å². The number of carbonyl (C=O) groups is 1. The van der Waals surface area contributed by atoms with Gasteiger partial charge in [0, 0.05) is 24.5 Å². The highest BCUT2D eigenvalue weighted by molar-refractivity contribution is 5.73. The molecule has 2 aliphatic rings. The van der Waals surface area contributed by atoms with Crippen molar-refractivity contribution in [3.63, 3.8) is 0 Å². The first-order valence-corrected chi connectivity index (χ1v) is 15.1.